The normalized spacial score (nSPS) is 12.4. The second-order valence-electron chi connectivity index (χ2n) is 4.49. The molecule has 0 aliphatic heterocycles. The zero-order chi connectivity index (χ0) is 14.2. The second kappa shape index (κ2) is 7.93. The molecule has 0 fully saturated rings. The average Bonchev–Trinajstić information content (AvgIpc) is 2.11. The predicted octanol–water partition coefficient (Wildman–Crippen LogP) is 0.930. The van der Waals surface area contributed by atoms with Gasteiger partial charge < -0.3 is 14.2 Å². The van der Waals surface area contributed by atoms with Crippen molar-refractivity contribution in [3.63, 3.8) is 0 Å². The summed E-state index contributed by atoms with van der Waals surface area (Å²) in [6.45, 7) is 5.51. The summed E-state index contributed by atoms with van der Waals surface area (Å²) in [5.41, 5.74) is -0.536. The minimum Gasteiger partial charge on any atom is -0.458 e. The van der Waals surface area contributed by atoms with Gasteiger partial charge in [-0.1, -0.05) is 0 Å². The molecule has 0 N–H and O–H groups in total. The average molecular weight is 303 g/mol. The molecule has 0 saturated heterocycles. The summed E-state index contributed by atoms with van der Waals surface area (Å²) in [6.07, 6.45) is 0. The van der Waals surface area contributed by atoms with Gasteiger partial charge in [0.05, 0.1) is 25.6 Å². The van der Waals surface area contributed by atoms with Gasteiger partial charge in [-0.25, -0.2) is 13.2 Å². The highest BCUT2D eigenvalue weighted by molar-refractivity contribution is 8.13. The van der Waals surface area contributed by atoms with Crippen LogP contribution in [0, 0.1) is 0 Å². The molecule has 0 aromatic heterocycles. The Kier molecular flexibility index (Phi) is 7.77. The van der Waals surface area contributed by atoms with Crippen LogP contribution in [0.2, 0.25) is 0 Å². The Morgan fingerprint density at radius 1 is 1.11 bits per heavy atom. The van der Waals surface area contributed by atoms with Gasteiger partial charge in [0.2, 0.25) is 9.05 Å². The van der Waals surface area contributed by atoms with E-state index in [2.05, 4.69) is 0 Å². The minimum atomic E-state index is -3.52. The third kappa shape index (κ3) is 13.7. The molecule has 0 heterocycles. The summed E-state index contributed by atoms with van der Waals surface area (Å²) in [6, 6.07) is 0. The molecule has 8 heteroatoms. The van der Waals surface area contributed by atoms with E-state index in [4.69, 9.17) is 24.9 Å². The number of carbonyl (C=O) groups excluding carboxylic acids is 1. The molecule has 0 atom stereocenters. The summed E-state index contributed by atoms with van der Waals surface area (Å²) < 4.78 is 36.0. The number of rotatable bonds is 8. The third-order valence-electron chi connectivity index (χ3n) is 1.48. The van der Waals surface area contributed by atoms with E-state index in [1.54, 1.807) is 20.8 Å². The lowest BCUT2D eigenvalue weighted by Crippen LogP contribution is -2.27. The number of halogens is 1. The lowest BCUT2D eigenvalue weighted by atomic mass is 10.2. The molecule has 6 nitrogen and oxygen atoms in total. The van der Waals surface area contributed by atoms with Crippen molar-refractivity contribution in [3.8, 4) is 0 Å². The molecule has 18 heavy (non-hydrogen) atoms. The molecular weight excluding hydrogens is 284 g/mol. The highest BCUT2D eigenvalue weighted by Gasteiger charge is 2.15. The van der Waals surface area contributed by atoms with Crippen molar-refractivity contribution in [1.82, 2.24) is 0 Å². The van der Waals surface area contributed by atoms with Crippen LogP contribution in [0.25, 0.3) is 0 Å². The summed E-state index contributed by atoms with van der Waals surface area (Å²) in [5.74, 6) is -0.702. The highest BCUT2D eigenvalue weighted by Crippen LogP contribution is 2.06. The zero-order valence-corrected chi connectivity index (χ0v) is 12.3. The van der Waals surface area contributed by atoms with Gasteiger partial charge in [0.15, 0.2) is 0 Å². The topological polar surface area (TPSA) is 78.9 Å². The van der Waals surface area contributed by atoms with E-state index >= 15 is 0 Å². The van der Waals surface area contributed by atoms with E-state index in [9.17, 15) is 13.2 Å². The van der Waals surface area contributed by atoms with E-state index in [1.807, 2.05) is 0 Å². The first-order valence-corrected chi connectivity index (χ1v) is 7.88. The molecule has 0 saturated carbocycles. The SMILES string of the molecule is CC(C)(C)OC(=O)COCCOCCS(=O)(=O)Cl. The molecule has 0 unspecified atom stereocenters. The Balaban J connectivity index is 3.44. The molecule has 0 aromatic rings. The summed E-state index contributed by atoms with van der Waals surface area (Å²) >= 11 is 0. The van der Waals surface area contributed by atoms with Gasteiger partial charge in [-0.05, 0) is 20.8 Å². The van der Waals surface area contributed by atoms with Crippen LogP contribution in [0.3, 0.4) is 0 Å². The lowest BCUT2D eigenvalue weighted by molar-refractivity contribution is -0.160. The van der Waals surface area contributed by atoms with Crippen molar-refractivity contribution in [2.75, 3.05) is 32.2 Å². The fraction of sp³-hybridized carbons (Fsp3) is 0.900. The van der Waals surface area contributed by atoms with Crippen molar-refractivity contribution < 1.29 is 27.4 Å². The number of carbonyl (C=O) groups is 1. The van der Waals surface area contributed by atoms with E-state index in [-0.39, 0.29) is 32.2 Å². The zero-order valence-electron chi connectivity index (χ0n) is 10.8. The van der Waals surface area contributed by atoms with Gasteiger partial charge in [0.1, 0.15) is 12.2 Å². The largest absolute Gasteiger partial charge is 0.458 e. The first-order chi connectivity index (χ1) is 8.10. The van der Waals surface area contributed by atoms with Crippen LogP contribution < -0.4 is 0 Å². The minimum absolute atomic E-state index is 0.00162. The molecular formula is C10H19ClO6S. The maximum Gasteiger partial charge on any atom is 0.332 e. The standard InChI is InChI=1S/C10H19ClO6S/c1-10(2,3)17-9(12)8-16-5-4-15-6-7-18(11,13)14/h4-8H2,1-3H3. The molecule has 0 aliphatic rings. The van der Waals surface area contributed by atoms with Crippen molar-refractivity contribution in [2.45, 2.75) is 26.4 Å². The number of hydrogen-bond acceptors (Lipinski definition) is 6. The molecule has 0 aliphatic carbocycles. The molecule has 0 radical (unpaired) electrons. The van der Waals surface area contributed by atoms with Gasteiger partial charge in [-0.15, -0.1) is 0 Å². The predicted molar refractivity (Wildman–Crippen MR) is 67.1 cm³/mol. The van der Waals surface area contributed by atoms with Gasteiger partial charge in [0.25, 0.3) is 0 Å². The highest BCUT2D eigenvalue weighted by atomic mass is 35.7. The van der Waals surface area contributed by atoms with Crippen LogP contribution >= 0.6 is 10.7 Å². The monoisotopic (exact) mass is 302 g/mol. The fourth-order valence-electron chi connectivity index (χ4n) is 0.905. The van der Waals surface area contributed by atoms with E-state index in [1.165, 1.54) is 0 Å². The van der Waals surface area contributed by atoms with Gasteiger partial charge in [0, 0.05) is 10.7 Å². The van der Waals surface area contributed by atoms with Crippen LogP contribution in [-0.4, -0.2) is 52.2 Å². The van der Waals surface area contributed by atoms with E-state index in [0.717, 1.165) is 0 Å². The first-order valence-electron chi connectivity index (χ1n) is 5.40. The first kappa shape index (κ1) is 17.6. The van der Waals surface area contributed by atoms with Crippen molar-refractivity contribution >= 4 is 25.7 Å². The molecule has 0 aromatic carbocycles. The molecule has 108 valence electrons. The van der Waals surface area contributed by atoms with Crippen LogP contribution in [0.5, 0.6) is 0 Å². The number of esters is 1. The van der Waals surface area contributed by atoms with Gasteiger partial charge >= 0.3 is 5.97 Å². The second-order valence-corrected chi connectivity index (χ2v) is 7.39. The smallest absolute Gasteiger partial charge is 0.332 e. The molecule has 0 rings (SSSR count). The molecule has 0 spiro atoms. The van der Waals surface area contributed by atoms with Crippen molar-refractivity contribution in [1.29, 1.82) is 0 Å². The Morgan fingerprint density at radius 2 is 1.67 bits per heavy atom. The lowest BCUT2D eigenvalue weighted by Gasteiger charge is -2.19. The quantitative estimate of drug-likeness (QED) is 0.377. The van der Waals surface area contributed by atoms with E-state index < -0.39 is 20.6 Å². The van der Waals surface area contributed by atoms with Gasteiger partial charge in [-0.2, -0.15) is 0 Å². The van der Waals surface area contributed by atoms with Crippen LogP contribution in [0.1, 0.15) is 20.8 Å². The fourth-order valence-corrected chi connectivity index (χ4v) is 1.41. The summed E-state index contributed by atoms with van der Waals surface area (Å²) in [5, 5.41) is 0. The Morgan fingerprint density at radius 3 is 2.17 bits per heavy atom. The van der Waals surface area contributed by atoms with E-state index in [0.29, 0.717) is 0 Å². The summed E-state index contributed by atoms with van der Waals surface area (Å²) in [7, 11) is 1.46. The maximum atomic E-state index is 11.2. The molecule has 0 bridgehead atoms. The summed E-state index contributed by atoms with van der Waals surface area (Å²) in [4.78, 5) is 11.2. The number of ether oxygens (including phenoxy) is 3. The van der Waals surface area contributed by atoms with Crippen LogP contribution in [-0.2, 0) is 28.1 Å². The van der Waals surface area contributed by atoms with Crippen LogP contribution in [0.4, 0.5) is 0 Å². The van der Waals surface area contributed by atoms with Gasteiger partial charge in [-0.3, -0.25) is 0 Å². The maximum absolute atomic E-state index is 11.2. The van der Waals surface area contributed by atoms with Crippen LogP contribution in [0.15, 0.2) is 0 Å². The molecule has 0 amide bonds. The Labute approximate surface area is 112 Å². The number of hydrogen-bond donors (Lipinski definition) is 0. The van der Waals surface area contributed by atoms with Crippen molar-refractivity contribution in [2.24, 2.45) is 0 Å². The Bertz CT molecular complexity index is 346. The van der Waals surface area contributed by atoms with Crippen molar-refractivity contribution in [3.05, 3.63) is 0 Å². The third-order valence-corrected chi connectivity index (χ3v) is 2.60. The Hall–Kier alpha value is -0.370.